The van der Waals surface area contributed by atoms with E-state index in [9.17, 15) is 4.39 Å². The van der Waals surface area contributed by atoms with Gasteiger partial charge >= 0.3 is 0 Å². The second-order valence-electron chi connectivity index (χ2n) is 4.99. The van der Waals surface area contributed by atoms with Crippen molar-refractivity contribution in [3.8, 4) is 5.75 Å². The van der Waals surface area contributed by atoms with E-state index >= 15 is 0 Å². The molecule has 20 heavy (non-hydrogen) atoms. The number of hydrogen-bond donors (Lipinski definition) is 1. The maximum absolute atomic E-state index is 13.5. The summed E-state index contributed by atoms with van der Waals surface area (Å²) in [5, 5.41) is 3.32. The van der Waals surface area contributed by atoms with Gasteiger partial charge in [0.25, 0.3) is 0 Å². The fourth-order valence-electron chi connectivity index (χ4n) is 2.39. The van der Waals surface area contributed by atoms with Crippen LogP contribution in [-0.4, -0.2) is 50.9 Å². The van der Waals surface area contributed by atoms with Gasteiger partial charge in [-0.05, 0) is 24.2 Å². The van der Waals surface area contributed by atoms with E-state index in [1.807, 2.05) is 6.07 Å². The molecule has 0 bridgehead atoms. The summed E-state index contributed by atoms with van der Waals surface area (Å²) in [5.41, 5.74) is 0.909. The van der Waals surface area contributed by atoms with Crippen molar-refractivity contribution in [2.75, 3.05) is 39.9 Å². The first kappa shape index (κ1) is 15.2. The van der Waals surface area contributed by atoms with Gasteiger partial charge in [-0.3, -0.25) is 4.90 Å². The molecule has 1 aromatic carbocycles. The molecule has 4 nitrogen and oxygen atoms in total. The van der Waals surface area contributed by atoms with Crippen molar-refractivity contribution in [1.29, 1.82) is 0 Å². The second kappa shape index (κ2) is 7.57. The molecule has 112 valence electrons. The summed E-state index contributed by atoms with van der Waals surface area (Å²) in [6.07, 6.45) is 0.215. The van der Waals surface area contributed by atoms with Crippen molar-refractivity contribution < 1.29 is 13.9 Å². The molecule has 1 aliphatic heterocycles. The molecule has 0 aliphatic carbocycles. The number of benzene rings is 1. The summed E-state index contributed by atoms with van der Waals surface area (Å²) >= 11 is 0. The third-order valence-electron chi connectivity index (χ3n) is 3.59. The van der Waals surface area contributed by atoms with Crippen LogP contribution in [0.15, 0.2) is 18.2 Å². The summed E-state index contributed by atoms with van der Waals surface area (Å²) in [5.74, 6) is -0.0409. The third-order valence-corrected chi connectivity index (χ3v) is 3.59. The summed E-state index contributed by atoms with van der Waals surface area (Å²) in [6, 6.07) is 5.03. The zero-order valence-corrected chi connectivity index (χ0v) is 12.2. The highest BCUT2D eigenvalue weighted by Gasteiger charge is 2.18. The van der Waals surface area contributed by atoms with Gasteiger partial charge in [0.05, 0.1) is 19.8 Å². The minimum absolute atomic E-state index is 0.215. The zero-order valence-electron chi connectivity index (χ0n) is 12.2. The van der Waals surface area contributed by atoms with E-state index in [-0.39, 0.29) is 17.7 Å². The van der Waals surface area contributed by atoms with Gasteiger partial charge in [0, 0.05) is 26.2 Å². The predicted molar refractivity (Wildman–Crippen MR) is 76.5 cm³/mol. The van der Waals surface area contributed by atoms with Crippen LogP contribution in [0.5, 0.6) is 5.75 Å². The molecule has 0 saturated carbocycles. The first-order valence-corrected chi connectivity index (χ1v) is 7.10. The van der Waals surface area contributed by atoms with Gasteiger partial charge in [0.1, 0.15) is 0 Å². The van der Waals surface area contributed by atoms with Crippen LogP contribution in [0.4, 0.5) is 4.39 Å². The Hall–Kier alpha value is -1.17. The van der Waals surface area contributed by atoms with E-state index < -0.39 is 0 Å². The lowest BCUT2D eigenvalue weighted by atomic mass is 10.2. The summed E-state index contributed by atoms with van der Waals surface area (Å²) in [7, 11) is 1.47. The Labute approximate surface area is 119 Å². The SMILES string of the molecule is CCN1CCO[C@@H](CNCc2ccc(OC)c(F)c2)C1. The number of halogens is 1. The number of methoxy groups -OCH3 is 1. The molecule has 0 aromatic heterocycles. The fourth-order valence-corrected chi connectivity index (χ4v) is 2.39. The van der Waals surface area contributed by atoms with Gasteiger partial charge in [-0.25, -0.2) is 4.39 Å². The topological polar surface area (TPSA) is 33.7 Å². The average Bonchev–Trinajstić information content (AvgIpc) is 2.48. The number of nitrogens with zero attached hydrogens (tertiary/aromatic N) is 1. The largest absolute Gasteiger partial charge is 0.494 e. The average molecular weight is 282 g/mol. The highest BCUT2D eigenvalue weighted by Crippen LogP contribution is 2.17. The molecule has 0 amide bonds. The molecular weight excluding hydrogens is 259 g/mol. The van der Waals surface area contributed by atoms with E-state index in [1.54, 1.807) is 6.07 Å². The molecule has 5 heteroatoms. The molecule has 1 heterocycles. The van der Waals surface area contributed by atoms with Crippen molar-refractivity contribution in [2.45, 2.75) is 19.6 Å². The molecule has 1 aromatic rings. The van der Waals surface area contributed by atoms with E-state index in [1.165, 1.54) is 13.2 Å². The van der Waals surface area contributed by atoms with Crippen LogP contribution in [0.1, 0.15) is 12.5 Å². The third kappa shape index (κ3) is 4.16. The Morgan fingerprint density at radius 2 is 2.35 bits per heavy atom. The van der Waals surface area contributed by atoms with E-state index in [0.29, 0.717) is 6.54 Å². The lowest BCUT2D eigenvalue weighted by molar-refractivity contribution is -0.0253. The lowest BCUT2D eigenvalue weighted by Crippen LogP contribution is -2.46. The quantitative estimate of drug-likeness (QED) is 0.860. The Balaban J connectivity index is 1.76. The van der Waals surface area contributed by atoms with Crippen LogP contribution >= 0.6 is 0 Å². The predicted octanol–water partition coefficient (Wildman–Crippen LogP) is 1.64. The molecular formula is C15H23FN2O2. The maximum Gasteiger partial charge on any atom is 0.165 e. The van der Waals surface area contributed by atoms with Gasteiger partial charge in [-0.15, -0.1) is 0 Å². The standard InChI is InChI=1S/C15H23FN2O2/c1-3-18-6-7-20-13(11-18)10-17-9-12-4-5-15(19-2)14(16)8-12/h4-5,8,13,17H,3,6-7,9-11H2,1-2H3/t13-/m0/s1. The van der Waals surface area contributed by atoms with Crippen LogP contribution in [0.2, 0.25) is 0 Å². The Morgan fingerprint density at radius 1 is 1.50 bits per heavy atom. The van der Waals surface area contributed by atoms with Crippen LogP contribution < -0.4 is 10.1 Å². The summed E-state index contributed by atoms with van der Waals surface area (Å²) in [6.45, 7) is 7.39. The lowest BCUT2D eigenvalue weighted by Gasteiger charge is -2.32. The van der Waals surface area contributed by atoms with E-state index in [2.05, 4.69) is 17.1 Å². The first-order chi connectivity index (χ1) is 9.72. The van der Waals surface area contributed by atoms with Gasteiger partial charge in [-0.1, -0.05) is 13.0 Å². The number of morpholine rings is 1. The molecule has 1 atom stereocenters. The first-order valence-electron chi connectivity index (χ1n) is 7.10. The van der Waals surface area contributed by atoms with Crippen molar-refractivity contribution in [2.24, 2.45) is 0 Å². The number of nitrogens with one attached hydrogen (secondary N) is 1. The fraction of sp³-hybridized carbons (Fsp3) is 0.600. The normalized spacial score (nSPS) is 20.1. The van der Waals surface area contributed by atoms with Gasteiger partial charge in [-0.2, -0.15) is 0 Å². The highest BCUT2D eigenvalue weighted by atomic mass is 19.1. The van der Waals surface area contributed by atoms with Crippen LogP contribution in [-0.2, 0) is 11.3 Å². The number of rotatable bonds is 6. The summed E-state index contributed by atoms with van der Waals surface area (Å²) < 4.78 is 24.2. The molecule has 1 fully saturated rings. The van der Waals surface area contributed by atoms with Crippen LogP contribution in [0.3, 0.4) is 0 Å². The number of hydrogen-bond acceptors (Lipinski definition) is 4. The number of likely N-dealkylation sites (N-methyl/N-ethyl adjacent to an activating group) is 1. The van der Waals surface area contributed by atoms with Crippen LogP contribution in [0, 0.1) is 5.82 Å². The Kier molecular flexibility index (Phi) is 5.76. The molecule has 1 N–H and O–H groups in total. The zero-order chi connectivity index (χ0) is 14.4. The van der Waals surface area contributed by atoms with Crippen molar-refractivity contribution in [3.05, 3.63) is 29.6 Å². The van der Waals surface area contributed by atoms with Crippen molar-refractivity contribution in [3.63, 3.8) is 0 Å². The van der Waals surface area contributed by atoms with Crippen molar-refractivity contribution >= 4 is 0 Å². The second-order valence-corrected chi connectivity index (χ2v) is 4.99. The smallest absolute Gasteiger partial charge is 0.165 e. The van der Waals surface area contributed by atoms with Crippen LogP contribution in [0.25, 0.3) is 0 Å². The monoisotopic (exact) mass is 282 g/mol. The molecule has 1 saturated heterocycles. The summed E-state index contributed by atoms with van der Waals surface area (Å²) in [4.78, 5) is 2.38. The number of ether oxygens (including phenoxy) is 2. The Bertz CT molecular complexity index is 428. The highest BCUT2D eigenvalue weighted by molar-refractivity contribution is 5.29. The molecule has 0 spiro atoms. The molecule has 2 rings (SSSR count). The van der Waals surface area contributed by atoms with E-state index in [4.69, 9.17) is 9.47 Å². The van der Waals surface area contributed by atoms with E-state index in [0.717, 1.165) is 38.3 Å². The minimum atomic E-state index is -0.321. The van der Waals surface area contributed by atoms with Crippen molar-refractivity contribution in [1.82, 2.24) is 10.2 Å². The molecule has 1 aliphatic rings. The molecule has 0 unspecified atom stereocenters. The van der Waals surface area contributed by atoms with Gasteiger partial charge in [0.15, 0.2) is 11.6 Å². The van der Waals surface area contributed by atoms with Gasteiger partial charge < -0.3 is 14.8 Å². The maximum atomic E-state index is 13.5. The minimum Gasteiger partial charge on any atom is -0.494 e. The molecule has 0 radical (unpaired) electrons. The Morgan fingerprint density at radius 3 is 3.05 bits per heavy atom. The van der Waals surface area contributed by atoms with Gasteiger partial charge in [0.2, 0.25) is 0 Å².